The van der Waals surface area contributed by atoms with Gasteiger partial charge in [-0.1, -0.05) is 255 Å². The van der Waals surface area contributed by atoms with Crippen LogP contribution in [0.5, 0.6) is 0 Å². The van der Waals surface area contributed by atoms with E-state index in [1.54, 1.807) is 22.3 Å². The van der Waals surface area contributed by atoms with Crippen molar-refractivity contribution in [2.24, 2.45) is 0 Å². The van der Waals surface area contributed by atoms with Gasteiger partial charge in [0.15, 0.2) is 0 Å². The lowest BCUT2D eigenvalue weighted by atomic mass is 9.70. The molecule has 2 aliphatic rings. The summed E-state index contributed by atoms with van der Waals surface area (Å²) in [7, 11) is 0. The van der Waals surface area contributed by atoms with Gasteiger partial charge in [0, 0.05) is 30.3 Å². The fourth-order valence-corrected chi connectivity index (χ4v) is 14.7. The Balaban J connectivity index is 1.06. The summed E-state index contributed by atoms with van der Waals surface area (Å²) in [6, 6.07) is 43.8. The molecule has 0 N–H and O–H groups in total. The quantitative estimate of drug-likeness (QED) is 0.0381. The first-order valence-electron chi connectivity index (χ1n) is 28.3. The molecule has 68 heavy (non-hydrogen) atoms. The molecule has 0 bridgehead atoms. The molecule has 362 valence electrons. The zero-order valence-electron chi connectivity index (χ0n) is 43.0. The Kier molecular flexibility index (Phi) is 18.9. The Morgan fingerprint density at radius 2 is 0.574 bits per heavy atom. The summed E-state index contributed by atoms with van der Waals surface area (Å²) in [6.07, 6.45) is 37.5. The molecule has 0 spiro atoms. The van der Waals surface area contributed by atoms with E-state index in [1.807, 2.05) is 22.7 Å². The third kappa shape index (κ3) is 11.6. The fourth-order valence-electron chi connectivity index (χ4n) is 12.6. The molecule has 0 amide bonds. The second-order valence-corrected chi connectivity index (χ2v) is 23.3. The van der Waals surface area contributed by atoms with Gasteiger partial charge in [0.1, 0.15) is 0 Å². The summed E-state index contributed by atoms with van der Waals surface area (Å²) in [5.74, 6) is 0. The highest BCUT2D eigenvalue weighted by atomic mass is 32.1. The van der Waals surface area contributed by atoms with Gasteiger partial charge in [-0.2, -0.15) is 0 Å². The minimum Gasteiger partial charge on any atom is -0.134 e. The Morgan fingerprint density at radius 3 is 0.926 bits per heavy atom. The van der Waals surface area contributed by atoms with Crippen LogP contribution in [-0.4, -0.2) is 0 Å². The molecular weight excluding hydrogens is 857 g/mol. The smallest absolute Gasteiger partial charge is 0.0449 e. The predicted molar refractivity (Wildman–Crippen MR) is 303 cm³/mol. The maximum atomic E-state index is 2.64. The number of unbranched alkanes of at least 4 members (excludes halogenated alkanes) is 20. The van der Waals surface area contributed by atoms with Gasteiger partial charge in [0.25, 0.3) is 0 Å². The normalized spacial score (nSPS) is 14.0. The number of hydrogen-bond acceptors (Lipinski definition) is 2. The summed E-state index contributed by atoms with van der Waals surface area (Å²) < 4.78 is 0. The second-order valence-electron chi connectivity index (χ2n) is 21.2. The van der Waals surface area contributed by atoms with E-state index in [9.17, 15) is 0 Å². The molecule has 0 radical (unpaired) electrons. The highest BCUT2D eigenvalue weighted by Gasteiger charge is 2.43. The average Bonchev–Trinajstić information content (AvgIpc) is 4.17. The molecule has 0 atom stereocenters. The summed E-state index contributed by atoms with van der Waals surface area (Å²) in [4.78, 5) is 5.57. The average molecular weight is 944 g/mol. The minimum atomic E-state index is 0.109. The van der Waals surface area contributed by atoms with Crippen LogP contribution in [0.4, 0.5) is 0 Å². The van der Waals surface area contributed by atoms with E-state index in [0.717, 1.165) is 0 Å². The Bertz CT molecular complexity index is 2250. The maximum Gasteiger partial charge on any atom is 0.0449 e. The van der Waals surface area contributed by atoms with E-state index in [2.05, 4.69) is 137 Å². The standard InChI is InChI=1S/C66H86S2/c1-5-9-13-17-21-29-45-65(46-30-22-18-14-10-6-2)57-35-27-25-33-53(57)55-39-37-51(49-59(55)65)61-41-43-63(67-61)64-44-42-62(68-64)52-38-40-56-54-34-26-28-36-58(54)66(60(56)50-52,47-31-23-19-15-11-7-3)48-32-24-20-16-12-8-4/h25-28,33-44,49-50H,5-24,29-32,45-48H2,1-4H3. The van der Waals surface area contributed by atoms with Crippen molar-refractivity contribution < 1.29 is 0 Å². The molecule has 2 aromatic heterocycles. The van der Waals surface area contributed by atoms with Crippen molar-refractivity contribution in [3.05, 3.63) is 131 Å². The van der Waals surface area contributed by atoms with Crippen molar-refractivity contribution in [2.75, 3.05) is 0 Å². The van der Waals surface area contributed by atoms with Gasteiger partial charge in [0.05, 0.1) is 0 Å². The van der Waals surface area contributed by atoms with Gasteiger partial charge in [-0.3, -0.25) is 0 Å². The van der Waals surface area contributed by atoms with Gasteiger partial charge < -0.3 is 0 Å². The maximum absolute atomic E-state index is 2.64. The van der Waals surface area contributed by atoms with E-state index in [1.165, 1.54) is 233 Å². The summed E-state index contributed by atoms with van der Waals surface area (Å²) in [5, 5.41) is 0. The SMILES string of the molecule is CCCCCCCCC1(CCCCCCCC)c2ccccc2-c2ccc(-c3ccc(-c4ccc(-c5ccc6c(c5)C(CCCCCCCC)(CCCCCCCC)c5ccccc5-6)s4)s3)cc21. The summed E-state index contributed by atoms with van der Waals surface area (Å²) in [6.45, 7) is 9.33. The van der Waals surface area contributed by atoms with Crippen LogP contribution < -0.4 is 0 Å². The van der Waals surface area contributed by atoms with Crippen molar-refractivity contribution in [3.63, 3.8) is 0 Å². The lowest BCUT2D eigenvalue weighted by Crippen LogP contribution is -2.25. The van der Waals surface area contributed by atoms with Crippen LogP contribution in [0.1, 0.15) is 230 Å². The Hall–Kier alpha value is -3.72. The van der Waals surface area contributed by atoms with E-state index < -0.39 is 0 Å². The lowest BCUT2D eigenvalue weighted by molar-refractivity contribution is 0.398. The summed E-state index contributed by atoms with van der Waals surface area (Å²) in [5.41, 5.74) is 15.4. The van der Waals surface area contributed by atoms with Crippen molar-refractivity contribution in [1.29, 1.82) is 0 Å². The molecule has 2 heteroatoms. The highest BCUT2D eigenvalue weighted by Crippen LogP contribution is 2.57. The molecule has 0 saturated carbocycles. The third-order valence-corrected chi connectivity index (χ3v) is 18.9. The van der Waals surface area contributed by atoms with Gasteiger partial charge in [0.2, 0.25) is 0 Å². The van der Waals surface area contributed by atoms with Crippen molar-refractivity contribution in [1.82, 2.24) is 0 Å². The van der Waals surface area contributed by atoms with Crippen LogP contribution >= 0.6 is 22.7 Å². The van der Waals surface area contributed by atoms with Crippen LogP contribution in [-0.2, 0) is 10.8 Å². The van der Waals surface area contributed by atoms with Crippen LogP contribution in [0.25, 0.3) is 52.9 Å². The lowest BCUT2D eigenvalue weighted by Gasteiger charge is -2.33. The number of benzene rings is 4. The monoisotopic (exact) mass is 943 g/mol. The predicted octanol–water partition coefficient (Wildman–Crippen LogP) is 22.3. The molecule has 0 fully saturated rings. The van der Waals surface area contributed by atoms with E-state index in [4.69, 9.17) is 0 Å². The molecule has 0 unspecified atom stereocenters. The van der Waals surface area contributed by atoms with Crippen LogP contribution in [0, 0.1) is 0 Å². The second kappa shape index (κ2) is 25.4. The number of rotatable bonds is 31. The van der Waals surface area contributed by atoms with Gasteiger partial charge >= 0.3 is 0 Å². The van der Waals surface area contributed by atoms with Gasteiger partial charge in [-0.15, -0.1) is 22.7 Å². The largest absolute Gasteiger partial charge is 0.134 e. The number of hydrogen-bond donors (Lipinski definition) is 0. The first-order chi connectivity index (χ1) is 33.6. The number of thiophene rings is 2. The highest BCUT2D eigenvalue weighted by molar-refractivity contribution is 7.25. The zero-order valence-corrected chi connectivity index (χ0v) is 44.6. The Labute approximate surface area is 422 Å². The molecule has 0 aliphatic heterocycles. The topological polar surface area (TPSA) is 0 Å². The first kappa shape index (κ1) is 50.7. The van der Waals surface area contributed by atoms with E-state index in [0.29, 0.717) is 0 Å². The van der Waals surface area contributed by atoms with Crippen molar-refractivity contribution >= 4 is 22.7 Å². The minimum absolute atomic E-state index is 0.109. The third-order valence-electron chi connectivity index (χ3n) is 16.4. The van der Waals surface area contributed by atoms with Gasteiger partial charge in [-0.05, 0) is 118 Å². The molecule has 0 nitrogen and oxygen atoms in total. The molecule has 2 aliphatic carbocycles. The van der Waals surface area contributed by atoms with E-state index >= 15 is 0 Å². The van der Waals surface area contributed by atoms with Crippen LogP contribution in [0.3, 0.4) is 0 Å². The Morgan fingerprint density at radius 1 is 0.279 bits per heavy atom. The summed E-state index contributed by atoms with van der Waals surface area (Å²) >= 11 is 3.98. The van der Waals surface area contributed by atoms with Gasteiger partial charge in [-0.25, -0.2) is 0 Å². The zero-order chi connectivity index (χ0) is 47.0. The number of fused-ring (bicyclic) bond motifs is 6. The van der Waals surface area contributed by atoms with Crippen molar-refractivity contribution in [3.8, 4) is 52.9 Å². The molecule has 2 heterocycles. The molecule has 6 aromatic rings. The van der Waals surface area contributed by atoms with Crippen LogP contribution in [0.2, 0.25) is 0 Å². The van der Waals surface area contributed by atoms with E-state index in [-0.39, 0.29) is 10.8 Å². The first-order valence-corrected chi connectivity index (χ1v) is 29.9. The molecule has 0 saturated heterocycles. The van der Waals surface area contributed by atoms with Crippen molar-refractivity contribution in [2.45, 2.75) is 218 Å². The molecule has 4 aromatic carbocycles. The fraction of sp³-hybridized carbons (Fsp3) is 0.515. The van der Waals surface area contributed by atoms with Crippen LogP contribution in [0.15, 0.2) is 109 Å². The molecular formula is C66H86S2. The molecule has 8 rings (SSSR count).